The van der Waals surface area contributed by atoms with Gasteiger partial charge in [0.15, 0.2) is 6.61 Å². The summed E-state index contributed by atoms with van der Waals surface area (Å²) in [5.41, 5.74) is 0.261. The second-order valence-corrected chi connectivity index (χ2v) is 9.61. The van der Waals surface area contributed by atoms with Gasteiger partial charge in [0, 0.05) is 18.1 Å². The van der Waals surface area contributed by atoms with Gasteiger partial charge in [-0.2, -0.15) is 4.31 Å². The Bertz CT molecular complexity index is 1010. The van der Waals surface area contributed by atoms with Gasteiger partial charge in [0.1, 0.15) is 11.5 Å². The van der Waals surface area contributed by atoms with Gasteiger partial charge in [0.05, 0.1) is 22.2 Å². The Labute approximate surface area is 183 Å². The molecule has 156 valence electrons. The molecule has 29 heavy (non-hydrogen) atoms. The van der Waals surface area contributed by atoms with Crippen LogP contribution in [0, 0.1) is 0 Å². The van der Waals surface area contributed by atoms with Crippen LogP contribution in [0.4, 0.5) is 5.69 Å². The third-order valence-corrected chi connectivity index (χ3v) is 7.15. The van der Waals surface area contributed by atoms with E-state index in [-0.39, 0.29) is 17.2 Å². The topological polar surface area (TPSA) is 84.9 Å². The smallest absolute Gasteiger partial charge is 0.262 e. The fraction of sp³-hybridized carbons (Fsp3) is 0.316. The minimum atomic E-state index is -3.61. The lowest BCUT2D eigenvalue weighted by molar-refractivity contribution is -0.118. The quantitative estimate of drug-likeness (QED) is 0.619. The molecule has 1 heterocycles. The van der Waals surface area contributed by atoms with Gasteiger partial charge in [0.2, 0.25) is 10.0 Å². The molecular weight excluding hydrogens is 484 g/mol. The van der Waals surface area contributed by atoms with Crippen molar-refractivity contribution >= 4 is 49.1 Å². The Hall–Kier alpha value is -1.81. The second kappa shape index (κ2) is 9.34. The van der Waals surface area contributed by atoms with E-state index >= 15 is 0 Å². The normalized spacial score (nSPS) is 14.6. The molecule has 1 aliphatic rings. The molecule has 1 aliphatic heterocycles. The molecule has 0 bridgehead atoms. The molecular formula is C19H20BrClN2O5S. The fourth-order valence-electron chi connectivity index (χ4n) is 2.94. The summed E-state index contributed by atoms with van der Waals surface area (Å²) in [4.78, 5) is 12.5. The number of anilines is 1. The van der Waals surface area contributed by atoms with Crippen molar-refractivity contribution in [3.63, 3.8) is 0 Å². The van der Waals surface area contributed by atoms with Gasteiger partial charge < -0.3 is 14.8 Å². The maximum Gasteiger partial charge on any atom is 0.262 e. The number of nitrogens with zero attached hydrogens (tertiary/aromatic N) is 1. The first-order valence-corrected chi connectivity index (χ1v) is 11.5. The summed E-state index contributed by atoms with van der Waals surface area (Å²) >= 11 is 9.21. The Morgan fingerprint density at radius 1 is 1.17 bits per heavy atom. The van der Waals surface area contributed by atoms with Crippen LogP contribution in [-0.2, 0) is 14.8 Å². The van der Waals surface area contributed by atoms with E-state index in [1.807, 2.05) is 0 Å². The zero-order chi connectivity index (χ0) is 21.0. The average molecular weight is 504 g/mol. The van der Waals surface area contributed by atoms with Crippen LogP contribution in [-0.4, -0.2) is 45.4 Å². The highest BCUT2D eigenvalue weighted by atomic mass is 79.9. The van der Waals surface area contributed by atoms with Crippen LogP contribution in [0.25, 0.3) is 0 Å². The lowest BCUT2D eigenvalue weighted by Crippen LogP contribution is -2.28. The number of halogens is 2. The summed E-state index contributed by atoms with van der Waals surface area (Å²) in [6.45, 7) is 0.728. The number of hydrogen-bond acceptors (Lipinski definition) is 5. The molecule has 0 aromatic heterocycles. The van der Waals surface area contributed by atoms with Gasteiger partial charge in [-0.05, 0) is 65.2 Å². The van der Waals surface area contributed by atoms with Crippen molar-refractivity contribution in [2.75, 3.05) is 32.1 Å². The van der Waals surface area contributed by atoms with Gasteiger partial charge >= 0.3 is 0 Å². The molecule has 0 radical (unpaired) electrons. The molecule has 1 saturated heterocycles. The van der Waals surface area contributed by atoms with Crippen molar-refractivity contribution in [1.82, 2.24) is 4.31 Å². The highest BCUT2D eigenvalue weighted by molar-refractivity contribution is 9.10. The SMILES string of the molecule is COc1ccc(S(=O)(=O)N2CCCC2)cc1NC(=O)COc1ccc(Cl)cc1Br. The van der Waals surface area contributed by atoms with Crippen molar-refractivity contribution in [3.05, 3.63) is 45.9 Å². The molecule has 2 aromatic rings. The van der Waals surface area contributed by atoms with Gasteiger partial charge in [0.25, 0.3) is 5.91 Å². The number of methoxy groups -OCH3 is 1. The number of carbonyl (C=O) groups excluding carboxylic acids is 1. The standard InChI is InChI=1S/C19H20BrClN2O5S/c1-27-18-7-5-14(29(25,26)23-8-2-3-9-23)11-16(18)22-19(24)12-28-17-6-4-13(21)10-15(17)20/h4-7,10-11H,2-3,8-9,12H2,1H3,(H,22,24). The Morgan fingerprint density at radius 2 is 1.86 bits per heavy atom. The summed E-state index contributed by atoms with van der Waals surface area (Å²) < 4.78 is 38.4. The molecule has 0 atom stereocenters. The number of hydrogen-bond donors (Lipinski definition) is 1. The number of carbonyl (C=O) groups is 1. The van der Waals surface area contributed by atoms with E-state index in [4.69, 9.17) is 21.1 Å². The highest BCUT2D eigenvalue weighted by Gasteiger charge is 2.28. The summed E-state index contributed by atoms with van der Waals surface area (Å²) in [5.74, 6) is 0.356. The van der Waals surface area contributed by atoms with E-state index in [1.54, 1.807) is 18.2 Å². The van der Waals surface area contributed by atoms with E-state index in [9.17, 15) is 13.2 Å². The Balaban J connectivity index is 1.74. The molecule has 1 fully saturated rings. The zero-order valence-electron chi connectivity index (χ0n) is 15.7. The predicted molar refractivity (Wildman–Crippen MR) is 114 cm³/mol. The van der Waals surface area contributed by atoms with Crippen LogP contribution in [0.15, 0.2) is 45.8 Å². The first-order chi connectivity index (χ1) is 13.8. The summed E-state index contributed by atoms with van der Waals surface area (Å²) in [6.07, 6.45) is 1.69. The lowest BCUT2D eigenvalue weighted by Gasteiger charge is -2.17. The zero-order valence-corrected chi connectivity index (χ0v) is 18.8. The molecule has 0 aliphatic carbocycles. The lowest BCUT2D eigenvalue weighted by atomic mass is 10.3. The van der Waals surface area contributed by atoms with Crippen LogP contribution >= 0.6 is 27.5 Å². The monoisotopic (exact) mass is 502 g/mol. The number of ether oxygens (including phenoxy) is 2. The summed E-state index contributed by atoms with van der Waals surface area (Å²) in [7, 11) is -2.17. The van der Waals surface area contributed by atoms with Gasteiger partial charge in [-0.3, -0.25) is 4.79 Å². The second-order valence-electron chi connectivity index (χ2n) is 6.38. The van der Waals surface area contributed by atoms with E-state index in [1.165, 1.54) is 29.6 Å². The van der Waals surface area contributed by atoms with E-state index < -0.39 is 15.9 Å². The molecule has 1 amide bonds. The van der Waals surface area contributed by atoms with Crippen LogP contribution < -0.4 is 14.8 Å². The molecule has 10 heteroatoms. The van der Waals surface area contributed by atoms with Crippen LogP contribution in [0.2, 0.25) is 5.02 Å². The number of amides is 1. The maximum atomic E-state index is 12.8. The van der Waals surface area contributed by atoms with Crippen LogP contribution in [0.1, 0.15) is 12.8 Å². The van der Waals surface area contributed by atoms with Crippen molar-refractivity contribution < 1.29 is 22.7 Å². The number of sulfonamides is 1. The van der Waals surface area contributed by atoms with Crippen LogP contribution in [0.3, 0.4) is 0 Å². The number of rotatable bonds is 7. The minimum absolute atomic E-state index is 0.108. The van der Waals surface area contributed by atoms with E-state index in [0.29, 0.717) is 34.1 Å². The number of benzene rings is 2. The van der Waals surface area contributed by atoms with Gasteiger partial charge in [-0.25, -0.2) is 8.42 Å². The largest absolute Gasteiger partial charge is 0.495 e. The molecule has 0 unspecified atom stereocenters. The molecule has 7 nitrogen and oxygen atoms in total. The fourth-order valence-corrected chi connectivity index (χ4v) is 5.29. The predicted octanol–water partition coefficient (Wildman–Crippen LogP) is 3.91. The number of nitrogens with one attached hydrogen (secondary N) is 1. The van der Waals surface area contributed by atoms with Crippen molar-refractivity contribution in [3.8, 4) is 11.5 Å². The molecule has 0 saturated carbocycles. The average Bonchev–Trinajstić information content (AvgIpc) is 3.23. The molecule has 3 rings (SSSR count). The third-order valence-electron chi connectivity index (χ3n) is 4.40. The van der Waals surface area contributed by atoms with Crippen LogP contribution in [0.5, 0.6) is 11.5 Å². The first-order valence-electron chi connectivity index (χ1n) is 8.87. The van der Waals surface area contributed by atoms with Gasteiger partial charge in [-0.1, -0.05) is 11.6 Å². The van der Waals surface area contributed by atoms with Crippen molar-refractivity contribution in [2.24, 2.45) is 0 Å². The highest BCUT2D eigenvalue weighted by Crippen LogP contribution is 2.31. The minimum Gasteiger partial charge on any atom is -0.495 e. The Kier molecular flexibility index (Phi) is 7.05. The Morgan fingerprint density at radius 3 is 2.52 bits per heavy atom. The molecule has 2 aromatic carbocycles. The van der Waals surface area contributed by atoms with E-state index in [2.05, 4.69) is 21.2 Å². The third kappa shape index (κ3) is 5.22. The van der Waals surface area contributed by atoms with Crippen molar-refractivity contribution in [1.29, 1.82) is 0 Å². The van der Waals surface area contributed by atoms with Crippen molar-refractivity contribution in [2.45, 2.75) is 17.7 Å². The van der Waals surface area contributed by atoms with Gasteiger partial charge in [-0.15, -0.1) is 0 Å². The van der Waals surface area contributed by atoms with E-state index in [0.717, 1.165) is 12.8 Å². The summed E-state index contributed by atoms with van der Waals surface area (Å²) in [5, 5.41) is 3.19. The first kappa shape index (κ1) is 21.9. The maximum absolute atomic E-state index is 12.8. The molecule has 1 N–H and O–H groups in total. The summed E-state index contributed by atoms with van der Waals surface area (Å²) in [6, 6.07) is 9.35. The molecule has 0 spiro atoms.